The first-order valence-corrected chi connectivity index (χ1v) is 27.9. The van der Waals surface area contributed by atoms with E-state index in [1.54, 1.807) is 85.3 Å². The van der Waals surface area contributed by atoms with Crippen molar-refractivity contribution in [3.63, 3.8) is 0 Å². The summed E-state index contributed by atoms with van der Waals surface area (Å²) in [5.41, 5.74) is 8.36. The lowest BCUT2D eigenvalue weighted by atomic mass is 9.85. The second-order valence-corrected chi connectivity index (χ2v) is 21.3. The molecule has 446 valence electrons. The number of likely N-dealkylation sites (N-methyl/N-ethyl adjacent to an activating group) is 2. The van der Waals surface area contributed by atoms with Crippen LogP contribution >= 0.6 is 0 Å². The largest absolute Gasteiger partial charge is 0.493 e. The molecule has 0 spiro atoms. The van der Waals surface area contributed by atoms with E-state index in [1.807, 2.05) is 42.5 Å². The number of hydrogen-bond donors (Lipinski definition) is 0. The van der Waals surface area contributed by atoms with Gasteiger partial charge in [-0.2, -0.15) is 0 Å². The fourth-order valence-corrected chi connectivity index (χ4v) is 12.2. The van der Waals surface area contributed by atoms with E-state index in [-0.39, 0.29) is 50.1 Å². The second kappa shape index (κ2) is 28.5. The number of hydrogen-bond acceptors (Lipinski definition) is 16. The molecule has 0 aromatic heterocycles. The number of ether oxygens (including phenoxy) is 14. The van der Waals surface area contributed by atoms with Crippen molar-refractivity contribution in [3.8, 4) is 69.0 Å². The van der Waals surface area contributed by atoms with Crippen molar-refractivity contribution < 1.29 is 84.9 Å². The van der Waals surface area contributed by atoms with E-state index in [0.29, 0.717) is 116 Å². The second-order valence-electron chi connectivity index (χ2n) is 21.3. The van der Waals surface area contributed by atoms with Crippen LogP contribution in [0, 0.1) is 0 Å². The van der Waals surface area contributed by atoms with Crippen LogP contribution in [0.15, 0.2) is 60.7 Å². The molecular formula is C64H86N2O16+2. The number of carbonyl (C=O) groups is 2. The summed E-state index contributed by atoms with van der Waals surface area (Å²) in [5, 5.41) is 0. The van der Waals surface area contributed by atoms with Gasteiger partial charge in [0.05, 0.1) is 150 Å². The Morgan fingerprint density at radius 1 is 0.415 bits per heavy atom. The van der Waals surface area contributed by atoms with Crippen molar-refractivity contribution in [1.29, 1.82) is 0 Å². The molecule has 82 heavy (non-hydrogen) atoms. The zero-order chi connectivity index (χ0) is 59.1. The Morgan fingerprint density at radius 3 is 1.06 bits per heavy atom. The number of fused-ring (bicyclic) bond motifs is 2. The highest BCUT2D eigenvalue weighted by Gasteiger charge is 2.45. The molecule has 18 nitrogen and oxygen atoms in total. The third-order valence-corrected chi connectivity index (χ3v) is 16.6. The van der Waals surface area contributed by atoms with Gasteiger partial charge in [-0.25, -0.2) is 0 Å². The predicted octanol–water partition coefficient (Wildman–Crippen LogP) is 9.50. The molecule has 5 aromatic carbocycles. The molecule has 4 atom stereocenters. The molecule has 0 radical (unpaired) electrons. The lowest BCUT2D eigenvalue weighted by Crippen LogP contribution is -2.53. The van der Waals surface area contributed by atoms with Gasteiger partial charge in [0, 0.05) is 51.4 Å². The molecule has 0 N–H and O–H groups in total. The minimum absolute atomic E-state index is 0.0795. The first-order chi connectivity index (χ1) is 39.6. The highest BCUT2D eigenvalue weighted by atomic mass is 16.6. The van der Waals surface area contributed by atoms with E-state index >= 15 is 0 Å². The number of rotatable bonds is 30. The fourth-order valence-electron chi connectivity index (χ4n) is 12.2. The minimum Gasteiger partial charge on any atom is -0.493 e. The summed E-state index contributed by atoms with van der Waals surface area (Å²) in [6, 6.07) is 19.9. The first kappa shape index (κ1) is 62.2. The molecule has 0 bridgehead atoms. The Bertz CT molecular complexity index is 2760. The van der Waals surface area contributed by atoms with Crippen molar-refractivity contribution in [2.75, 3.05) is 139 Å². The molecule has 0 aliphatic carbocycles. The van der Waals surface area contributed by atoms with Crippen LogP contribution in [-0.4, -0.2) is 160 Å². The fraction of sp³-hybridized carbons (Fsp3) is 0.500. The summed E-state index contributed by atoms with van der Waals surface area (Å²) in [5.74, 6) is 6.44. The van der Waals surface area contributed by atoms with Gasteiger partial charge in [-0.15, -0.1) is 0 Å². The predicted molar refractivity (Wildman–Crippen MR) is 311 cm³/mol. The van der Waals surface area contributed by atoms with Crippen molar-refractivity contribution in [2.24, 2.45) is 0 Å². The Kier molecular flexibility index (Phi) is 21.6. The van der Waals surface area contributed by atoms with E-state index in [1.165, 1.54) is 0 Å². The summed E-state index contributed by atoms with van der Waals surface area (Å²) in [6.07, 6.45) is 5.59. The van der Waals surface area contributed by atoms with E-state index in [0.717, 1.165) is 83.5 Å². The number of esters is 2. The number of carbonyl (C=O) groups excluding carboxylic acids is 2. The molecule has 5 aromatic rings. The van der Waals surface area contributed by atoms with Gasteiger partial charge >= 0.3 is 11.9 Å². The minimum atomic E-state index is -0.260. The van der Waals surface area contributed by atoms with Crippen molar-refractivity contribution in [3.05, 3.63) is 105 Å². The van der Waals surface area contributed by atoms with Crippen molar-refractivity contribution in [2.45, 2.75) is 76.3 Å². The Morgan fingerprint density at radius 2 is 0.744 bits per heavy atom. The van der Waals surface area contributed by atoms with Crippen LogP contribution in [0.2, 0.25) is 0 Å². The van der Waals surface area contributed by atoms with E-state index < -0.39 is 0 Å². The quantitative estimate of drug-likeness (QED) is 0.0242. The summed E-state index contributed by atoms with van der Waals surface area (Å²) in [7, 11) is 24.0. The van der Waals surface area contributed by atoms with E-state index in [9.17, 15) is 9.59 Å². The number of quaternary nitrogens is 2. The number of aryl methyl sites for hydroxylation is 2. The monoisotopic (exact) mass is 1140 g/mol. The van der Waals surface area contributed by atoms with E-state index in [2.05, 4.69) is 32.3 Å². The van der Waals surface area contributed by atoms with Gasteiger partial charge in [0.15, 0.2) is 46.0 Å². The van der Waals surface area contributed by atoms with Gasteiger partial charge < -0.3 is 75.3 Å². The lowest BCUT2D eigenvalue weighted by Gasteiger charge is -2.46. The van der Waals surface area contributed by atoms with Crippen LogP contribution in [0.1, 0.15) is 82.3 Å². The molecule has 7 rings (SSSR count). The van der Waals surface area contributed by atoms with Gasteiger partial charge in [0.2, 0.25) is 23.0 Å². The number of nitrogens with zero attached hydrogens (tertiary/aromatic N) is 2. The molecule has 0 saturated carbocycles. The van der Waals surface area contributed by atoms with Crippen LogP contribution < -0.4 is 56.8 Å². The van der Waals surface area contributed by atoms with Crippen LogP contribution in [0.25, 0.3) is 0 Å². The van der Waals surface area contributed by atoms with Crippen molar-refractivity contribution >= 4 is 11.9 Å². The zero-order valence-electron chi connectivity index (χ0n) is 50.7. The van der Waals surface area contributed by atoms with Gasteiger partial charge in [0.25, 0.3) is 0 Å². The Hall–Kier alpha value is -7.44. The molecule has 2 aliphatic rings. The molecule has 4 unspecified atom stereocenters. The average molecular weight is 1140 g/mol. The van der Waals surface area contributed by atoms with Crippen LogP contribution in [-0.2, 0) is 57.6 Å². The zero-order valence-corrected chi connectivity index (χ0v) is 50.7. The normalized spacial score (nSPS) is 18.0. The Labute approximate surface area is 484 Å². The van der Waals surface area contributed by atoms with Gasteiger partial charge in [-0.05, 0) is 82.6 Å². The smallest absolute Gasteiger partial charge is 0.306 e. The number of benzene rings is 5. The first-order valence-electron chi connectivity index (χ1n) is 27.9. The molecule has 0 saturated heterocycles. The standard InChI is InChI=1S/C64H86N2O16/c1-65(28-24-45-39-53(73-7)61(77-11)63(79-13)57(45)47(65)33-43-35-49(69-3)59(75-9)50(36-43)70-4)26-16-30-81-55(67)22-20-41-18-15-19-42(32-41)21-23-56(68)82-31-17-27-66(2)29-25-46-40-54(74-8)62(78-12)64(80-14)58(46)48(66)34-44-37-51(71-5)60(76-10)52(38-44)72-6/h15,18-19,32,35-40,47-48H,16-17,20-31,33-34H2,1-14H3/q+2. The molecular weight excluding hydrogens is 1050 g/mol. The molecule has 2 aliphatic heterocycles. The maximum Gasteiger partial charge on any atom is 0.306 e. The molecule has 2 heterocycles. The highest BCUT2D eigenvalue weighted by Crippen LogP contribution is 2.53. The average Bonchev–Trinajstić information content (AvgIpc) is 3.45. The topological polar surface area (TPSA) is 163 Å². The molecule has 0 amide bonds. The van der Waals surface area contributed by atoms with Gasteiger partial charge in [-0.3, -0.25) is 9.59 Å². The van der Waals surface area contributed by atoms with Crippen molar-refractivity contribution in [1.82, 2.24) is 0 Å². The lowest BCUT2D eigenvalue weighted by molar-refractivity contribution is -0.941. The SMILES string of the molecule is COc1cc(CC2c3c(cc(OC)c(OC)c3OC)CC[N+]2(C)CCCOC(=O)CCc2cccc(CCC(=O)OCCC[N+]3(C)CCc4cc(OC)c(OC)c(OC)c4C3Cc3cc(OC)c(OC)c(OC)c3)c2)cc(OC)c1OC. The van der Waals surface area contributed by atoms with Gasteiger partial charge in [-0.1, -0.05) is 24.3 Å². The van der Waals surface area contributed by atoms with Gasteiger partial charge in [0.1, 0.15) is 12.1 Å². The number of methoxy groups -OCH3 is 12. The van der Waals surface area contributed by atoms with Crippen LogP contribution in [0.3, 0.4) is 0 Å². The summed E-state index contributed by atoms with van der Waals surface area (Å²) in [4.78, 5) is 26.5. The summed E-state index contributed by atoms with van der Waals surface area (Å²) < 4.78 is 82.8. The third kappa shape index (κ3) is 13.7. The maximum absolute atomic E-state index is 13.3. The molecule has 18 heteroatoms. The van der Waals surface area contributed by atoms with E-state index in [4.69, 9.17) is 66.3 Å². The maximum atomic E-state index is 13.3. The van der Waals surface area contributed by atoms with Crippen LogP contribution in [0.4, 0.5) is 0 Å². The van der Waals surface area contributed by atoms with Crippen LogP contribution in [0.5, 0.6) is 69.0 Å². The highest BCUT2D eigenvalue weighted by molar-refractivity contribution is 5.70. The molecule has 0 fully saturated rings. The summed E-state index contributed by atoms with van der Waals surface area (Å²) in [6.45, 7) is 3.70. The third-order valence-electron chi connectivity index (χ3n) is 16.6. The summed E-state index contributed by atoms with van der Waals surface area (Å²) >= 11 is 0. The Balaban J connectivity index is 0.930.